The Morgan fingerprint density at radius 1 is 1.12 bits per heavy atom. The van der Waals surface area contributed by atoms with E-state index in [2.05, 4.69) is 50.1 Å². The quantitative estimate of drug-likeness (QED) is 0.402. The summed E-state index contributed by atoms with van der Waals surface area (Å²) >= 11 is 0. The summed E-state index contributed by atoms with van der Waals surface area (Å²) in [5, 5.41) is 3.44. The number of nitrogens with zero attached hydrogens (tertiary/aromatic N) is 5. The van der Waals surface area contributed by atoms with Gasteiger partial charge in [0.15, 0.2) is 5.96 Å². The summed E-state index contributed by atoms with van der Waals surface area (Å²) in [4.78, 5) is 23.3. The second-order valence-corrected chi connectivity index (χ2v) is 6.86. The van der Waals surface area contributed by atoms with Gasteiger partial charge < -0.3 is 19.7 Å². The number of carbonyl (C=O) groups excluding carboxylic acids is 1. The number of aromatic nitrogens is 1. The molecule has 3 rings (SSSR count). The van der Waals surface area contributed by atoms with Gasteiger partial charge in [-0.2, -0.15) is 0 Å². The van der Waals surface area contributed by atoms with Crippen LogP contribution >= 0.6 is 24.0 Å². The van der Waals surface area contributed by atoms with Crippen LogP contribution in [0.2, 0.25) is 0 Å². The molecule has 1 amide bonds. The van der Waals surface area contributed by atoms with Gasteiger partial charge in [0.25, 0.3) is 0 Å². The SMILES string of the molecule is CN=C(NCc1cccn1C)N1CCN(CC(=O)N2CCCC2)CC1.I. The van der Waals surface area contributed by atoms with E-state index >= 15 is 0 Å². The van der Waals surface area contributed by atoms with Crippen LogP contribution in [0.3, 0.4) is 0 Å². The second-order valence-electron chi connectivity index (χ2n) is 6.86. The van der Waals surface area contributed by atoms with Gasteiger partial charge >= 0.3 is 0 Å². The molecule has 3 heterocycles. The highest BCUT2D eigenvalue weighted by Gasteiger charge is 2.24. The Labute approximate surface area is 173 Å². The number of hydrogen-bond acceptors (Lipinski definition) is 3. The first-order valence-corrected chi connectivity index (χ1v) is 9.23. The lowest BCUT2D eigenvalue weighted by atomic mass is 10.3. The van der Waals surface area contributed by atoms with Crippen molar-refractivity contribution < 1.29 is 4.79 Å². The molecule has 8 heteroatoms. The summed E-state index contributed by atoms with van der Waals surface area (Å²) in [5.74, 6) is 1.23. The van der Waals surface area contributed by atoms with E-state index in [0.29, 0.717) is 6.54 Å². The number of aryl methyl sites for hydroxylation is 1. The van der Waals surface area contributed by atoms with Gasteiger partial charge in [0.05, 0.1) is 13.1 Å². The molecule has 2 aliphatic rings. The normalized spacial score (nSPS) is 18.8. The summed E-state index contributed by atoms with van der Waals surface area (Å²) in [6, 6.07) is 4.16. The Morgan fingerprint density at radius 2 is 1.81 bits per heavy atom. The van der Waals surface area contributed by atoms with Crippen LogP contribution in [0, 0.1) is 0 Å². The molecule has 146 valence electrons. The number of aliphatic imine (C=N–C) groups is 1. The van der Waals surface area contributed by atoms with Crippen LogP contribution in [0.4, 0.5) is 0 Å². The molecule has 0 aromatic carbocycles. The highest BCUT2D eigenvalue weighted by atomic mass is 127. The van der Waals surface area contributed by atoms with E-state index in [1.165, 1.54) is 5.69 Å². The first-order chi connectivity index (χ1) is 12.2. The zero-order valence-electron chi connectivity index (χ0n) is 15.9. The van der Waals surface area contributed by atoms with E-state index < -0.39 is 0 Å². The molecule has 1 N–H and O–H groups in total. The number of nitrogens with one attached hydrogen (secondary N) is 1. The minimum atomic E-state index is 0. The van der Waals surface area contributed by atoms with Crippen molar-refractivity contribution in [1.29, 1.82) is 0 Å². The lowest BCUT2D eigenvalue weighted by Gasteiger charge is -2.36. The molecule has 1 aromatic heterocycles. The molecular weight excluding hydrogens is 443 g/mol. The molecule has 0 bridgehead atoms. The van der Waals surface area contributed by atoms with Crippen molar-refractivity contribution in [2.45, 2.75) is 19.4 Å². The minimum Gasteiger partial charge on any atom is -0.353 e. The number of likely N-dealkylation sites (tertiary alicyclic amines) is 1. The molecule has 2 aliphatic heterocycles. The predicted molar refractivity (Wildman–Crippen MR) is 115 cm³/mol. The lowest BCUT2D eigenvalue weighted by molar-refractivity contribution is -0.131. The summed E-state index contributed by atoms with van der Waals surface area (Å²) in [6.45, 7) is 6.82. The Balaban J connectivity index is 0.00000243. The van der Waals surface area contributed by atoms with Crippen molar-refractivity contribution in [2.24, 2.45) is 12.0 Å². The molecule has 0 unspecified atom stereocenters. The predicted octanol–water partition coefficient (Wildman–Crippen LogP) is 0.958. The van der Waals surface area contributed by atoms with E-state index in [1.54, 1.807) is 0 Å². The van der Waals surface area contributed by atoms with Crippen molar-refractivity contribution in [1.82, 2.24) is 24.6 Å². The fraction of sp³-hybridized carbons (Fsp3) is 0.667. The van der Waals surface area contributed by atoms with Crippen LogP contribution in [0.25, 0.3) is 0 Å². The van der Waals surface area contributed by atoms with Crippen LogP contribution in [-0.2, 0) is 18.4 Å². The largest absolute Gasteiger partial charge is 0.353 e. The number of piperazine rings is 1. The van der Waals surface area contributed by atoms with Gasteiger partial charge in [-0.3, -0.25) is 14.7 Å². The fourth-order valence-corrected chi connectivity index (χ4v) is 3.56. The molecule has 0 radical (unpaired) electrons. The number of hydrogen-bond donors (Lipinski definition) is 1. The summed E-state index contributed by atoms with van der Waals surface area (Å²) in [7, 11) is 3.88. The van der Waals surface area contributed by atoms with Gasteiger partial charge in [0.1, 0.15) is 0 Å². The molecule has 26 heavy (non-hydrogen) atoms. The van der Waals surface area contributed by atoms with E-state index in [-0.39, 0.29) is 29.9 Å². The van der Waals surface area contributed by atoms with Gasteiger partial charge in [-0.05, 0) is 25.0 Å². The van der Waals surface area contributed by atoms with Crippen LogP contribution in [0.5, 0.6) is 0 Å². The Hall–Kier alpha value is -1.29. The minimum absolute atomic E-state index is 0. The molecule has 0 aliphatic carbocycles. The summed E-state index contributed by atoms with van der Waals surface area (Å²) in [6.07, 6.45) is 4.36. The summed E-state index contributed by atoms with van der Waals surface area (Å²) < 4.78 is 2.11. The maximum atomic E-state index is 12.3. The topological polar surface area (TPSA) is 56.1 Å². The molecule has 1 aromatic rings. The zero-order chi connectivity index (χ0) is 17.6. The Morgan fingerprint density at radius 3 is 2.38 bits per heavy atom. The zero-order valence-corrected chi connectivity index (χ0v) is 18.2. The van der Waals surface area contributed by atoms with Crippen molar-refractivity contribution in [3.8, 4) is 0 Å². The van der Waals surface area contributed by atoms with Crippen molar-refractivity contribution in [3.05, 3.63) is 24.0 Å². The number of amides is 1. The third-order valence-corrected chi connectivity index (χ3v) is 5.18. The maximum Gasteiger partial charge on any atom is 0.236 e. The highest BCUT2D eigenvalue weighted by Crippen LogP contribution is 2.09. The third kappa shape index (κ3) is 5.35. The molecular formula is C18H31IN6O. The van der Waals surface area contributed by atoms with Gasteiger partial charge in [0.2, 0.25) is 5.91 Å². The average molecular weight is 474 g/mol. The van der Waals surface area contributed by atoms with E-state index in [9.17, 15) is 4.79 Å². The molecule has 7 nitrogen and oxygen atoms in total. The first kappa shape index (κ1) is 21.0. The van der Waals surface area contributed by atoms with Gasteiger partial charge in [-0.15, -0.1) is 24.0 Å². The second kappa shape index (κ2) is 10.1. The summed E-state index contributed by atoms with van der Waals surface area (Å²) in [5.41, 5.74) is 1.23. The number of guanidine groups is 1. The van der Waals surface area contributed by atoms with Crippen molar-refractivity contribution >= 4 is 35.8 Å². The number of rotatable bonds is 4. The van der Waals surface area contributed by atoms with Crippen molar-refractivity contribution in [3.63, 3.8) is 0 Å². The monoisotopic (exact) mass is 474 g/mol. The Bertz CT molecular complexity index is 603. The van der Waals surface area contributed by atoms with E-state index in [4.69, 9.17) is 0 Å². The highest BCUT2D eigenvalue weighted by molar-refractivity contribution is 14.0. The van der Waals surface area contributed by atoms with Crippen molar-refractivity contribution in [2.75, 3.05) is 52.9 Å². The molecule has 2 saturated heterocycles. The van der Waals surface area contributed by atoms with Crippen LogP contribution < -0.4 is 5.32 Å². The molecule has 0 spiro atoms. The molecule has 2 fully saturated rings. The fourth-order valence-electron chi connectivity index (χ4n) is 3.56. The average Bonchev–Trinajstić information content (AvgIpc) is 3.29. The maximum absolute atomic E-state index is 12.3. The smallest absolute Gasteiger partial charge is 0.236 e. The third-order valence-electron chi connectivity index (χ3n) is 5.18. The van der Waals surface area contributed by atoms with Crippen LogP contribution in [-0.4, -0.2) is 84.0 Å². The van der Waals surface area contributed by atoms with Gasteiger partial charge in [0, 0.05) is 65.3 Å². The standard InChI is InChI=1S/C18H30N6O.HI/c1-19-18(20-14-16-6-5-7-21(16)2)24-12-10-22(11-13-24)15-17(25)23-8-3-4-9-23;/h5-7H,3-4,8-15H2,1-2H3,(H,19,20);1H. The molecule has 0 saturated carbocycles. The van der Waals surface area contributed by atoms with Crippen LogP contribution in [0.15, 0.2) is 23.3 Å². The Kier molecular flexibility index (Phi) is 8.20. The first-order valence-electron chi connectivity index (χ1n) is 9.23. The lowest BCUT2D eigenvalue weighted by Crippen LogP contribution is -2.54. The van der Waals surface area contributed by atoms with E-state index in [1.807, 2.05) is 11.9 Å². The molecule has 0 atom stereocenters. The number of carbonyl (C=O) groups is 1. The van der Waals surface area contributed by atoms with Crippen LogP contribution in [0.1, 0.15) is 18.5 Å². The van der Waals surface area contributed by atoms with Gasteiger partial charge in [-0.25, -0.2) is 0 Å². The number of halogens is 1. The van der Waals surface area contributed by atoms with E-state index in [0.717, 1.165) is 64.6 Å². The van der Waals surface area contributed by atoms with Gasteiger partial charge in [-0.1, -0.05) is 0 Å².